The number of nitrogens with two attached hydrogens (primary N) is 1. The number of benzene rings is 1. The summed E-state index contributed by atoms with van der Waals surface area (Å²) in [5, 5.41) is 9.43. The van der Waals surface area contributed by atoms with E-state index in [-0.39, 0.29) is 11.9 Å². The number of H-pyrrole nitrogens is 1. The summed E-state index contributed by atoms with van der Waals surface area (Å²) >= 11 is 0. The molecule has 0 fully saturated rings. The molecule has 0 saturated heterocycles. The van der Waals surface area contributed by atoms with Crippen LogP contribution in [-0.2, 0) is 4.74 Å². The van der Waals surface area contributed by atoms with Crippen molar-refractivity contribution in [2.75, 3.05) is 25.5 Å². The molecule has 28 heavy (non-hydrogen) atoms. The number of aromatic amines is 1. The van der Waals surface area contributed by atoms with Crippen LogP contribution in [0.3, 0.4) is 0 Å². The zero-order valence-electron chi connectivity index (χ0n) is 16.7. The van der Waals surface area contributed by atoms with E-state index in [0.717, 1.165) is 16.6 Å². The Morgan fingerprint density at radius 3 is 2.68 bits per heavy atom. The van der Waals surface area contributed by atoms with E-state index in [4.69, 9.17) is 10.5 Å². The highest BCUT2D eigenvalue weighted by Gasteiger charge is 2.15. The number of aromatic nitrogens is 1. The van der Waals surface area contributed by atoms with Gasteiger partial charge in [-0.15, -0.1) is 0 Å². The number of nitrogens with zero attached hydrogens (tertiary/aromatic N) is 1. The molecule has 9 nitrogen and oxygen atoms in total. The predicted molar refractivity (Wildman–Crippen MR) is 111 cm³/mol. The van der Waals surface area contributed by atoms with Crippen molar-refractivity contribution < 1.29 is 14.3 Å². The number of ether oxygens (including phenoxy) is 1. The minimum Gasteiger partial charge on any atom is -0.444 e. The number of nitrogens with one attached hydrogen (secondary N) is 4. The molecule has 0 aliphatic carbocycles. The second-order valence-electron chi connectivity index (χ2n) is 7.22. The summed E-state index contributed by atoms with van der Waals surface area (Å²) in [7, 11) is 1.50. The lowest BCUT2D eigenvalue weighted by Gasteiger charge is -2.19. The van der Waals surface area contributed by atoms with Crippen LogP contribution < -0.4 is 21.7 Å². The summed E-state index contributed by atoms with van der Waals surface area (Å²) in [4.78, 5) is 30.6. The number of alkyl carbamates (subject to hydrolysis) is 1. The number of carbonyl (C=O) groups is 2. The Morgan fingerprint density at radius 2 is 2.00 bits per heavy atom. The molecule has 1 aromatic carbocycles. The highest BCUT2D eigenvalue weighted by atomic mass is 16.6. The molecule has 6 N–H and O–H groups in total. The number of guanidine groups is 1. The van der Waals surface area contributed by atoms with Gasteiger partial charge in [0.15, 0.2) is 5.96 Å². The number of anilines is 1. The summed E-state index contributed by atoms with van der Waals surface area (Å²) in [6, 6.07) is 7.49. The van der Waals surface area contributed by atoms with Gasteiger partial charge in [0.1, 0.15) is 11.3 Å². The molecule has 1 aromatic heterocycles. The minimum atomic E-state index is -0.511. The monoisotopic (exact) mass is 388 g/mol. The second-order valence-corrected chi connectivity index (χ2v) is 7.22. The first kappa shape index (κ1) is 21.1. The number of para-hydroxylation sites is 1. The van der Waals surface area contributed by atoms with E-state index in [1.54, 1.807) is 6.07 Å². The average molecular weight is 388 g/mol. The van der Waals surface area contributed by atoms with Crippen molar-refractivity contribution >= 4 is 34.6 Å². The van der Waals surface area contributed by atoms with Crippen molar-refractivity contribution in [2.24, 2.45) is 10.7 Å². The molecule has 1 heterocycles. The van der Waals surface area contributed by atoms with Gasteiger partial charge in [0, 0.05) is 25.5 Å². The molecule has 9 heteroatoms. The Labute approximate surface area is 164 Å². The Kier molecular flexibility index (Phi) is 6.86. The molecule has 152 valence electrons. The maximum absolute atomic E-state index is 12.2. The van der Waals surface area contributed by atoms with Crippen molar-refractivity contribution in [1.29, 1.82) is 0 Å². The van der Waals surface area contributed by atoms with Gasteiger partial charge in [-0.1, -0.05) is 12.1 Å². The SMILES string of the molecule is CN=C(N)NC(=O)c1cc2cccc(NCCCNC(=O)OC(C)(C)C)c2[nH]1. The molecule has 0 radical (unpaired) electrons. The lowest BCUT2D eigenvalue weighted by Crippen LogP contribution is -2.36. The largest absolute Gasteiger partial charge is 0.444 e. The van der Waals surface area contributed by atoms with Gasteiger partial charge in [0.2, 0.25) is 0 Å². The van der Waals surface area contributed by atoms with Crippen LogP contribution in [0.25, 0.3) is 10.9 Å². The zero-order valence-corrected chi connectivity index (χ0v) is 16.7. The molecule has 0 bridgehead atoms. The maximum Gasteiger partial charge on any atom is 0.407 e. The first-order valence-electron chi connectivity index (χ1n) is 9.05. The van der Waals surface area contributed by atoms with E-state index in [1.807, 2.05) is 39.0 Å². The van der Waals surface area contributed by atoms with Crippen LogP contribution in [0, 0.1) is 0 Å². The van der Waals surface area contributed by atoms with Crippen molar-refractivity contribution in [1.82, 2.24) is 15.6 Å². The third-order valence-corrected chi connectivity index (χ3v) is 3.72. The van der Waals surface area contributed by atoms with Gasteiger partial charge in [-0.05, 0) is 39.3 Å². The predicted octanol–water partition coefficient (Wildman–Crippen LogP) is 2.17. The standard InChI is InChI=1S/C19H28N6O3/c1-19(2,3)28-18(27)23-10-6-9-22-13-8-5-7-12-11-14(24-15(12)13)16(26)25-17(20)21-4/h5,7-8,11,22,24H,6,9-10H2,1-4H3,(H,23,27)(H3,20,21,25,26). The van der Waals surface area contributed by atoms with Crippen LogP contribution >= 0.6 is 0 Å². The summed E-state index contributed by atoms with van der Waals surface area (Å²) in [6.45, 7) is 6.60. The lowest BCUT2D eigenvalue weighted by molar-refractivity contribution is 0.0527. The Balaban J connectivity index is 1.91. The molecular formula is C19H28N6O3. The quantitative estimate of drug-likeness (QED) is 0.294. The van der Waals surface area contributed by atoms with Crippen molar-refractivity contribution in [3.05, 3.63) is 30.0 Å². The fourth-order valence-electron chi connectivity index (χ4n) is 2.48. The average Bonchev–Trinajstić information content (AvgIpc) is 3.05. The first-order chi connectivity index (χ1) is 13.2. The van der Waals surface area contributed by atoms with E-state index < -0.39 is 11.7 Å². The molecule has 0 unspecified atom stereocenters. The number of amides is 2. The van der Waals surface area contributed by atoms with E-state index in [2.05, 4.69) is 25.9 Å². The van der Waals surface area contributed by atoms with Gasteiger partial charge in [0.05, 0.1) is 11.2 Å². The minimum absolute atomic E-state index is 0.0551. The summed E-state index contributed by atoms with van der Waals surface area (Å²) in [5.74, 6) is -0.300. The number of hydrogen-bond acceptors (Lipinski definition) is 5. The van der Waals surface area contributed by atoms with E-state index in [9.17, 15) is 9.59 Å². The second kappa shape index (κ2) is 9.12. The van der Waals surface area contributed by atoms with Crippen molar-refractivity contribution in [2.45, 2.75) is 32.8 Å². The van der Waals surface area contributed by atoms with Crippen LogP contribution in [0.5, 0.6) is 0 Å². The molecule has 0 aliphatic heterocycles. The van der Waals surface area contributed by atoms with Crippen molar-refractivity contribution in [3.63, 3.8) is 0 Å². The lowest BCUT2D eigenvalue weighted by atomic mass is 10.2. The van der Waals surface area contributed by atoms with Crippen LogP contribution in [-0.4, -0.2) is 48.7 Å². The maximum atomic E-state index is 12.2. The summed E-state index contributed by atoms with van der Waals surface area (Å²) in [6.07, 6.45) is 0.289. The fraction of sp³-hybridized carbons (Fsp3) is 0.421. The number of rotatable bonds is 6. The van der Waals surface area contributed by atoms with Crippen molar-refractivity contribution in [3.8, 4) is 0 Å². The Morgan fingerprint density at radius 1 is 1.25 bits per heavy atom. The number of aliphatic imine (C=N–C) groups is 1. The van der Waals surface area contributed by atoms with Gasteiger partial charge in [-0.2, -0.15) is 0 Å². The number of carbonyl (C=O) groups excluding carboxylic acids is 2. The topological polar surface area (TPSA) is 134 Å². The highest BCUT2D eigenvalue weighted by Crippen LogP contribution is 2.23. The van der Waals surface area contributed by atoms with Gasteiger partial charge in [-0.3, -0.25) is 15.1 Å². The first-order valence-corrected chi connectivity index (χ1v) is 9.05. The van der Waals surface area contributed by atoms with E-state index in [0.29, 0.717) is 25.2 Å². The molecule has 2 aromatic rings. The highest BCUT2D eigenvalue weighted by molar-refractivity contribution is 6.07. The fourth-order valence-corrected chi connectivity index (χ4v) is 2.48. The summed E-state index contributed by atoms with van der Waals surface area (Å²) < 4.78 is 5.19. The Bertz CT molecular complexity index is 866. The third kappa shape index (κ3) is 6.19. The molecule has 0 spiro atoms. The molecule has 0 aliphatic rings. The van der Waals surface area contributed by atoms with Gasteiger partial charge < -0.3 is 26.1 Å². The molecule has 2 rings (SSSR count). The molecule has 2 amide bonds. The van der Waals surface area contributed by atoms with Crippen LogP contribution in [0.4, 0.5) is 10.5 Å². The molecule has 0 atom stereocenters. The van der Waals surface area contributed by atoms with Gasteiger partial charge in [0.25, 0.3) is 5.91 Å². The van der Waals surface area contributed by atoms with E-state index in [1.165, 1.54) is 7.05 Å². The zero-order chi connectivity index (χ0) is 20.7. The molecular weight excluding hydrogens is 360 g/mol. The Hall–Kier alpha value is -3.23. The van der Waals surface area contributed by atoms with Gasteiger partial charge >= 0.3 is 6.09 Å². The number of fused-ring (bicyclic) bond motifs is 1. The normalized spacial score (nSPS) is 11.9. The molecule has 0 saturated carbocycles. The van der Waals surface area contributed by atoms with Gasteiger partial charge in [-0.25, -0.2) is 4.79 Å². The summed E-state index contributed by atoms with van der Waals surface area (Å²) in [5.41, 5.74) is 7.10. The third-order valence-electron chi connectivity index (χ3n) is 3.72. The van der Waals surface area contributed by atoms with Crippen LogP contribution in [0.15, 0.2) is 29.3 Å². The van der Waals surface area contributed by atoms with Crippen LogP contribution in [0.2, 0.25) is 0 Å². The number of hydrogen-bond donors (Lipinski definition) is 5. The van der Waals surface area contributed by atoms with E-state index >= 15 is 0 Å². The van der Waals surface area contributed by atoms with Crippen LogP contribution in [0.1, 0.15) is 37.7 Å². The smallest absolute Gasteiger partial charge is 0.407 e.